The Bertz CT molecular complexity index is 841. The molecule has 13 nitrogen and oxygen atoms in total. The van der Waals surface area contributed by atoms with Crippen LogP contribution in [-0.2, 0) is 29.1 Å². The summed E-state index contributed by atoms with van der Waals surface area (Å²) in [5, 5.41) is 41.2. The maximum absolute atomic E-state index is 11.7. The lowest BCUT2D eigenvalue weighted by molar-refractivity contribution is -0.151. The molecule has 1 aliphatic heterocycles. The van der Waals surface area contributed by atoms with Crippen LogP contribution in [0.2, 0.25) is 0 Å². The molecule has 1 rings (SSSR count). The van der Waals surface area contributed by atoms with E-state index in [1.807, 2.05) is 13.8 Å². The molecule has 5 N–H and O–H groups in total. The van der Waals surface area contributed by atoms with Crippen LogP contribution in [0.1, 0.15) is 27.2 Å². The first-order valence-corrected chi connectivity index (χ1v) is 12.2. The number of carboxylic acid groups (broad SMARTS) is 1. The van der Waals surface area contributed by atoms with Crippen LogP contribution in [0.4, 0.5) is 0 Å². The summed E-state index contributed by atoms with van der Waals surface area (Å²) < 4.78 is 38.1. The number of ether oxygens (including phenoxy) is 2. The normalized spacial score (nSPS) is 23.2. The Balaban J connectivity index is 3.20. The molecule has 0 aromatic heterocycles. The summed E-state index contributed by atoms with van der Waals surface area (Å²) in [6.45, 7) is 4.89. The maximum atomic E-state index is 11.7. The topological polar surface area (TPSA) is 195 Å². The molecule has 0 saturated carbocycles. The number of carbonyl (C=O) groups excluding carboxylic acids is 1. The minimum absolute atomic E-state index is 0.0572. The molecule has 1 heterocycles. The molecule has 0 bridgehead atoms. The fourth-order valence-corrected chi connectivity index (χ4v) is 3.90. The Morgan fingerprint density at radius 1 is 1.30 bits per heavy atom. The predicted octanol–water partition coefficient (Wildman–Crippen LogP) is -1.95. The average molecular weight is 496 g/mol. The molecular weight excluding hydrogens is 462 g/mol. The van der Waals surface area contributed by atoms with Crippen LogP contribution < -0.4 is 5.32 Å². The second kappa shape index (κ2) is 12.8. The molecule has 0 saturated heterocycles. The fraction of sp³-hybridized carbons (Fsp3) is 0.737. The van der Waals surface area contributed by atoms with Gasteiger partial charge in [-0.25, -0.2) is 13.2 Å². The highest BCUT2D eigenvalue weighted by Gasteiger charge is 2.44. The maximum Gasteiger partial charge on any atom is 0.370 e. The van der Waals surface area contributed by atoms with Crippen LogP contribution in [0.25, 0.3) is 0 Å². The van der Waals surface area contributed by atoms with Crippen molar-refractivity contribution in [3.05, 3.63) is 11.8 Å². The van der Waals surface area contributed by atoms with E-state index in [2.05, 4.69) is 9.71 Å². The van der Waals surface area contributed by atoms with Crippen LogP contribution >= 0.6 is 0 Å². The molecule has 0 aromatic rings. The Morgan fingerprint density at radius 3 is 2.36 bits per heavy atom. The van der Waals surface area contributed by atoms with Crippen molar-refractivity contribution in [2.45, 2.75) is 57.6 Å². The van der Waals surface area contributed by atoms with Crippen molar-refractivity contribution in [2.75, 3.05) is 32.6 Å². The third kappa shape index (κ3) is 8.89. The van der Waals surface area contributed by atoms with E-state index in [0.29, 0.717) is 13.1 Å². The molecule has 0 unspecified atom stereocenters. The summed E-state index contributed by atoms with van der Waals surface area (Å²) in [6.07, 6.45) is -3.87. The predicted molar refractivity (Wildman–Crippen MR) is 117 cm³/mol. The molecule has 0 aromatic carbocycles. The van der Waals surface area contributed by atoms with Gasteiger partial charge in [-0.3, -0.25) is 4.79 Å². The zero-order valence-electron chi connectivity index (χ0n) is 19.0. The summed E-state index contributed by atoms with van der Waals surface area (Å²) in [4.78, 5) is 25.0. The van der Waals surface area contributed by atoms with E-state index < -0.39 is 64.7 Å². The van der Waals surface area contributed by atoms with Gasteiger partial charge in [-0.2, -0.15) is 4.40 Å². The van der Waals surface area contributed by atoms with Gasteiger partial charge in [0.05, 0.1) is 25.5 Å². The number of rotatable bonds is 12. The van der Waals surface area contributed by atoms with Crippen molar-refractivity contribution in [3.8, 4) is 0 Å². The van der Waals surface area contributed by atoms with Gasteiger partial charge in [0.2, 0.25) is 11.7 Å². The Morgan fingerprint density at radius 2 is 1.91 bits per heavy atom. The molecule has 0 radical (unpaired) electrons. The van der Waals surface area contributed by atoms with Crippen LogP contribution in [-0.4, -0.2) is 114 Å². The average Bonchev–Trinajstić information content (AvgIpc) is 2.72. The van der Waals surface area contributed by atoms with Gasteiger partial charge >= 0.3 is 5.97 Å². The number of amidine groups is 1. The van der Waals surface area contributed by atoms with Gasteiger partial charge in [0, 0.05) is 26.4 Å². The molecular formula is C19H33N3O10S. The zero-order chi connectivity index (χ0) is 25.3. The Kier molecular flexibility index (Phi) is 11.2. The lowest BCUT2D eigenvalue weighted by Gasteiger charge is -2.39. The largest absolute Gasteiger partial charge is 0.478 e. The number of nitrogens with zero attached hydrogens (tertiary/aromatic N) is 2. The molecule has 0 fully saturated rings. The van der Waals surface area contributed by atoms with Gasteiger partial charge in [0.25, 0.3) is 10.0 Å². The summed E-state index contributed by atoms with van der Waals surface area (Å²) in [5.41, 5.74) is 0. The molecule has 0 spiro atoms. The number of sulfonamides is 1. The summed E-state index contributed by atoms with van der Waals surface area (Å²) in [7, 11) is -3.68. The molecule has 5 atom stereocenters. The third-order valence-corrected chi connectivity index (χ3v) is 5.36. The van der Waals surface area contributed by atoms with E-state index in [0.717, 1.165) is 12.3 Å². The van der Waals surface area contributed by atoms with Crippen LogP contribution in [0.15, 0.2) is 16.2 Å². The lowest BCUT2D eigenvalue weighted by atomic mass is 9.93. The molecule has 1 amide bonds. The van der Waals surface area contributed by atoms with Gasteiger partial charge in [0.15, 0.2) is 6.10 Å². The van der Waals surface area contributed by atoms with Crippen molar-refractivity contribution < 1.29 is 47.9 Å². The number of carboxylic acids is 1. The smallest absolute Gasteiger partial charge is 0.370 e. The number of aliphatic hydroxyl groups excluding tert-OH is 3. The summed E-state index contributed by atoms with van der Waals surface area (Å²) >= 11 is 0. The first-order valence-electron chi connectivity index (χ1n) is 10.4. The third-order valence-electron chi connectivity index (χ3n) is 4.82. The first-order chi connectivity index (χ1) is 15.3. The van der Waals surface area contributed by atoms with E-state index in [-0.39, 0.29) is 18.9 Å². The number of aliphatic hydroxyl groups is 3. The van der Waals surface area contributed by atoms with Gasteiger partial charge < -0.3 is 40.1 Å². The Hall–Kier alpha value is -2.26. The minimum Gasteiger partial charge on any atom is -0.478 e. The summed E-state index contributed by atoms with van der Waals surface area (Å²) in [5.74, 6) is -2.34. The quantitative estimate of drug-likeness (QED) is 0.149. The highest BCUT2D eigenvalue weighted by Crippen LogP contribution is 2.25. The fourth-order valence-electron chi connectivity index (χ4n) is 3.31. The van der Waals surface area contributed by atoms with Gasteiger partial charge in [-0.05, 0) is 19.9 Å². The standard InChI is InChI=1S/C19H33N3O10S/c1-5-22(6-2)15(21-33(4,29)30)7-8-31-13-9-14(19(27)28)32-18(16(13)20-11(3)24)17(26)12(25)10-23/h9,12-13,16-18,23,25-26H,5-8,10H2,1-4H3,(H,20,24)(H,27,28)/b21-15+/t12-,13+,16-,17-,18-/m1/s1. The van der Waals surface area contributed by atoms with Crippen molar-refractivity contribution in [1.82, 2.24) is 10.2 Å². The van der Waals surface area contributed by atoms with E-state index in [1.54, 1.807) is 4.90 Å². The number of aliphatic carboxylic acids is 1. The first kappa shape index (κ1) is 28.8. The van der Waals surface area contributed by atoms with E-state index in [9.17, 15) is 33.3 Å². The van der Waals surface area contributed by atoms with Gasteiger partial charge in [-0.15, -0.1) is 0 Å². The van der Waals surface area contributed by atoms with Crippen molar-refractivity contribution in [3.63, 3.8) is 0 Å². The number of nitrogens with one attached hydrogen (secondary N) is 1. The van der Waals surface area contributed by atoms with Crippen LogP contribution in [0, 0.1) is 0 Å². The van der Waals surface area contributed by atoms with E-state index >= 15 is 0 Å². The van der Waals surface area contributed by atoms with Crippen molar-refractivity contribution in [2.24, 2.45) is 4.40 Å². The van der Waals surface area contributed by atoms with E-state index in [4.69, 9.17) is 14.6 Å². The second-order valence-corrected chi connectivity index (χ2v) is 9.03. The van der Waals surface area contributed by atoms with Crippen LogP contribution in [0.3, 0.4) is 0 Å². The number of hydrogen-bond acceptors (Lipinski definition) is 9. The monoisotopic (exact) mass is 495 g/mol. The molecule has 33 heavy (non-hydrogen) atoms. The zero-order valence-corrected chi connectivity index (χ0v) is 19.9. The number of carbonyl (C=O) groups is 2. The summed E-state index contributed by atoms with van der Waals surface area (Å²) in [6, 6.07) is -1.12. The SMILES string of the molecule is CCN(CC)/C(CCO[C@H]1C=C(C(=O)O)O[C@@H]([C@H](O)[C@H](O)CO)[C@@H]1NC(C)=O)=N/S(C)(=O)=O. The molecule has 1 aliphatic rings. The molecule has 14 heteroatoms. The second-order valence-electron chi connectivity index (χ2n) is 7.38. The number of amides is 1. The highest BCUT2D eigenvalue weighted by atomic mass is 32.2. The van der Waals surface area contributed by atoms with E-state index in [1.165, 1.54) is 6.92 Å². The minimum atomic E-state index is -3.68. The highest BCUT2D eigenvalue weighted by molar-refractivity contribution is 7.89. The molecule has 190 valence electrons. The lowest BCUT2D eigenvalue weighted by Crippen LogP contribution is -2.60. The van der Waals surface area contributed by atoms with Crippen molar-refractivity contribution >= 4 is 27.7 Å². The van der Waals surface area contributed by atoms with Gasteiger partial charge in [0.1, 0.15) is 24.1 Å². The van der Waals surface area contributed by atoms with Crippen LogP contribution in [0.5, 0.6) is 0 Å². The Labute approximate surface area is 192 Å². The number of hydrogen-bond donors (Lipinski definition) is 5. The molecule has 0 aliphatic carbocycles. The van der Waals surface area contributed by atoms with Crippen molar-refractivity contribution in [1.29, 1.82) is 0 Å². The van der Waals surface area contributed by atoms with Gasteiger partial charge in [-0.1, -0.05) is 0 Å².